The molecule has 0 aromatic rings. The smallest absolute Gasteiger partial charge is 0.335 e. The van der Waals surface area contributed by atoms with Crippen LogP contribution in [-0.2, 0) is 61.8 Å². The summed E-state index contributed by atoms with van der Waals surface area (Å²) in [7, 11) is 0. The molecule has 92 heavy (non-hydrogen) atoms. The van der Waals surface area contributed by atoms with Gasteiger partial charge < -0.3 is 124 Å². The number of carboxylic acids is 1. The van der Waals surface area contributed by atoms with Gasteiger partial charge in [-0.25, -0.2) is 14.4 Å². The molecule has 4 aliphatic heterocycles. The van der Waals surface area contributed by atoms with Crippen molar-refractivity contribution in [3.63, 3.8) is 0 Å². The summed E-state index contributed by atoms with van der Waals surface area (Å²) in [5.41, 5.74) is -4.87. The Bertz CT molecular complexity index is 2760. The fourth-order valence-electron chi connectivity index (χ4n) is 17.8. The van der Waals surface area contributed by atoms with Gasteiger partial charge in [0.1, 0.15) is 91.6 Å². The molecule has 28 heteroatoms. The van der Waals surface area contributed by atoms with Crippen LogP contribution in [0.1, 0.15) is 122 Å². The summed E-state index contributed by atoms with van der Waals surface area (Å²) in [5, 5.41) is 170. The summed E-state index contributed by atoms with van der Waals surface area (Å²) in [6, 6.07) is 0. The van der Waals surface area contributed by atoms with E-state index in [1.54, 1.807) is 39.8 Å². The monoisotopic (exact) mass is 1320 g/mol. The minimum Gasteiger partial charge on any atom is -0.479 e. The highest BCUT2D eigenvalue weighted by Gasteiger charge is 2.77. The van der Waals surface area contributed by atoms with Crippen molar-refractivity contribution in [2.75, 3.05) is 19.8 Å². The van der Waals surface area contributed by atoms with Crippen molar-refractivity contribution in [2.24, 2.45) is 50.2 Å². The fraction of sp³-hybridized carbons (Fsp3) is 0.859. The van der Waals surface area contributed by atoms with Gasteiger partial charge in [0.2, 0.25) is 0 Å². The molecule has 4 saturated carbocycles. The topological polar surface area (TPSA) is 447 Å². The van der Waals surface area contributed by atoms with Gasteiger partial charge in [-0.2, -0.15) is 0 Å². The number of carbonyl (C=O) groups excluding carboxylic acids is 2. The van der Waals surface area contributed by atoms with E-state index in [4.69, 9.17) is 47.4 Å². The van der Waals surface area contributed by atoms with Crippen molar-refractivity contribution in [3.8, 4) is 0 Å². The predicted molar refractivity (Wildman–Crippen MR) is 314 cm³/mol. The van der Waals surface area contributed by atoms with E-state index in [0.717, 1.165) is 5.57 Å². The summed E-state index contributed by atoms with van der Waals surface area (Å²) >= 11 is 0. The second-order valence-corrected chi connectivity index (χ2v) is 29.3. The van der Waals surface area contributed by atoms with Crippen LogP contribution >= 0.6 is 0 Å². The molecule has 9 rings (SSSR count). The molecule has 15 N–H and O–H groups in total. The van der Waals surface area contributed by atoms with Crippen LogP contribution in [0.3, 0.4) is 0 Å². The molecule has 0 bridgehead atoms. The molecule has 4 saturated heterocycles. The van der Waals surface area contributed by atoms with Gasteiger partial charge in [-0.05, 0) is 107 Å². The van der Waals surface area contributed by atoms with E-state index in [1.165, 1.54) is 6.92 Å². The fourth-order valence-corrected chi connectivity index (χ4v) is 17.8. The van der Waals surface area contributed by atoms with Crippen LogP contribution in [0.25, 0.3) is 0 Å². The van der Waals surface area contributed by atoms with E-state index in [9.17, 15) is 91.0 Å². The van der Waals surface area contributed by atoms with Crippen LogP contribution in [0.4, 0.5) is 0 Å². The number of hydrogen-bond donors (Lipinski definition) is 15. The minimum absolute atomic E-state index is 0.220. The van der Waals surface area contributed by atoms with E-state index in [2.05, 4.69) is 19.9 Å². The minimum atomic E-state index is -2.31. The third-order valence-corrected chi connectivity index (χ3v) is 23.8. The first kappa shape index (κ1) is 73.0. The normalized spacial score (nSPS) is 50.2. The molecular weight excluding hydrogens is 1220 g/mol. The highest BCUT2D eigenvalue weighted by atomic mass is 16.8. The zero-order chi connectivity index (χ0) is 68.2. The lowest BCUT2D eigenvalue weighted by Gasteiger charge is -2.73. The first-order chi connectivity index (χ1) is 42.9. The number of aliphatic carboxylic acids is 1. The summed E-state index contributed by atoms with van der Waals surface area (Å²) in [6.45, 7) is 19.2. The Morgan fingerprint density at radius 3 is 1.66 bits per heavy atom. The highest BCUT2D eigenvalue weighted by molar-refractivity contribution is 5.89. The molecule has 0 spiro atoms. The predicted octanol–water partition coefficient (Wildman–Crippen LogP) is -1.52. The van der Waals surface area contributed by atoms with E-state index >= 15 is 0 Å². The molecule has 0 unspecified atom stereocenters. The van der Waals surface area contributed by atoms with Crippen molar-refractivity contribution in [3.05, 3.63) is 34.9 Å². The van der Waals surface area contributed by atoms with Crippen molar-refractivity contribution >= 4 is 17.9 Å². The van der Waals surface area contributed by atoms with E-state index in [-0.39, 0.29) is 35.8 Å². The number of ether oxygens (including phenoxy) is 10. The quantitative estimate of drug-likeness (QED) is 0.0361. The summed E-state index contributed by atoms with van der Waals surface area (Å²) in [4.78, 5) is 40.9. The van der Waals surface area contributed by atoms with E-state index in [0.29, 0.717) is 25.7 Å². The molecule has 32 atom stereocenters. The average molecular weight is 1320 g/mol. The number of carboxylic acid groups (broad SMARTS) is 1. The Labute approximate surface area is 534 Å². The Hall–Kier alpha value is -3.25. The molecule has 5 aliphatic carbocycles. The number of fused-ring (bicyclic) bond motifs is 7. The van der Waals surface area contributed by atoms with Crippen LogP contribution in [0.15, 0.2) is 34.9 Å². The van der Waals surface area contributed by atoms with Gasteiger partial charge in [0.15, 0.2) is 37.4 Å². The first-order valence-corrected chi connectivity index (χ1v) is 32.1. The lowest BCUT2D eigenvalue weighted by molar-refractivity contribution is -0.406. The maximum absolute atomic E-state index is 13.9. The molecule has 8 fully saturated rings. The van der Waals surface area contributed by atoms with Crippen LogP contribution in [0, 0.1) is 50.2 Å². The molecule has 0 radical (unpaired) electrons. The summed E-state index contributed by atoms with van der Waals surface area (Å²) in [6.07, 6.45) is -37.8. The van der Waals surface area contributed by atoms with Gasteiger partial charge in [0.25, 0.3) is 0 Å². The van der Waals surface area contributed by atoms with Crippen molar-refractivity contribution in [1.82, 2.24) is 0 Å². The lowest BCUT2D eigenvalue weighted by atomic mass is 9.32. The van der Waals surface area contributed by atoms with Crippen molar-refractivity contribution in [2.45, 2.75) is 275 Å². The maximum Gasteiger partial charge on any atom is 0.335 e. The largest absolute Gasteiger partial charge is 0.479 e. The third-order valence-electron chi connectivity index (χ3n) is 23.8. The zero-order valence-electron chi connectivity index (χ0n) is 54.3. The molecule has 0 amide bonds. The van der Waals surface area contributed by atoms with Crippen LogP contribution in [-0.4, -0.2) is 268 Å². The number of aliphatic hydroxyl groups excluding tert-OH is 14. The second kappa shape index (κ2) is 26.9. The Kier molecular flexibility index (Phi) is 21.3. The van der Waals surface area contributed by atoms with Gasteiger partial charge in [-0.3, -0.25) is 0 Å². The number of aliphatic hydroxyl groups is 14. The van der Waals surface area contributed by atoms with Gasteiger partial charge in [-0.15, -0.1) is 0 Å². The van der Waals surface area contributed by atoms with Crippen molar-refractivity contribution in [1.29, 1.82) is 0 Å². The number of rotatable bonds is 16. The molecular formula is C64H100O28. The van der Waals surface area contributed by atoms with E-state index < -0.39 is 229 Å². The number of allylic oxidation sites excluding steroid dienone is 3. The summed E-state index contributed by atoms with van der Waals surface area (Å²) < 4.78 is 61.7. The number of carbonyl (C=O) groups is 3. The van der Waals surface area contributed by atoms with Crippen LogP contribution < -0.4 is 0 Å². The average Bonchev–Trinajstić information content (AvgIpc) is 0.663. The Balaban J connectivity index is 1.07. The molecule has 0 aromatic carbocycles. The highest BCUT2D eigenvalue weighted by Crippen LogP contribution is 2.76. The van der Waals surface area contributed by atoms with Gasteiger partial charge in [-0.1, -0.05) is 72.3 Å². The summed E-state index contributed by atoms with van der Waals surface area (Å²) in [5.74, 6) is -4.35. The first-order valence-electron chi connectivity index (χ1n) is 32.1. The Morgan fingerprint density at radius 2 is 1.10 bits per heavy atom. The van der Waals surface area contributed by atoms with Crippen LogP contribution in [0.2, 0.25) is 0 Å². The number of hydrogen-bond acceptors (Lipinski definition) is 27. The lowest BCUT2D eigenvalue weighted by Crippen LogP contribution is -2.76. The molecule has 4 heterocycles. The van der Waals surface area contributed by atoms with Crippen LogP contribution in [0.5, 0.6) is 0 Å². The van der Waals surface area contributed by atoms with Gasteiger partial charge in [0.05, 0.1) is 49.7 Å². The molecule has 0 aromatic heterocycles. The SMILES string of the molecule is CC=C(C)C(=O)O[C@H]1[C@H](OC(=O)C(C)=CC)[C@@]2(CO)[C@H](CC1(C)C)C1=CC[C@H]3[C@@]4(C)CC[C@H](O[C@@H]5O[C@H](C(=O)O)[C@@H](O)[C@H](O[C@@H]6O[C@H](CO)[C@H](O)[C@H](O)[C@H]6O[C@@H]6O[C@@H](C)[C@H](O)[C@@H](O)[C@H]6O)[C@H]5O[C@@H]5O[C@H](CO)[C@@H](O)[C@H](O)[C@H]5O)C(C)(C)[C@H]4CC[C@@]3(C)[C@]1(C)[C@@H](O)[C@H]2O. The second-order valence-electron chi connectivity index (χ2n) is 29.3. The van der Waals surface area contributed by atoms with Crippen molar-refractivity contribution < 1.29 is 138 Å². The number of esters is 2. The maximum atomic E-state index is 13.9. The Morgan fingerprint density at radius 1 is 0.576 bits per heavy atom. The van der Waals surface area contributed by atoms with Gasteiger partial charge >= 0.3 is 17.9 Å². The van der Waals surface area contributed by atoms with E-state index in [1.807, 2.05) is 34.6 Å². The van der Waals surface area contributed by atoms with Gasteiger partial charge in [0, 0.05) is 22.0 Å². The molecule has 9 aliphatic rings. The molecule has 524 valence electrons. The standard InChI is InChI=1S/C64H100O28/c1-13-25(3)53(81)91-50-51(92-54(82)26(4)14-2)64(24-67)29(21-59(50,6)7)28-15-16-33-61(10)19-18-34(60(8,9)32(61)17-20-62(33,11)63(28,12)48(77)49(64)78)86-58-47(90-56-42(75)39(72)36(69)30(22-65)84-56)44(43(76)45(88-58)52(79)80)87-57-46(40(73)37(70)31(23-66)85-57)89-55-41(74)38(71)35(68)27(5)83-55/h13-15,27,29-51,55-58,65-78H,16-24H2,1-12H3,(H,79,80)/t27-,29+,30+,31+,32+,33-,34-,35-,36+,37-,38+,39-,40-,41+,42+,43-,44-,45-,46+,47+,48-,49+,50-,51-,55-,56-,57-,58+,61-,62+,63-,64-/m0/s1. The zero-order valence-corrected chi connectivity index (χ0v) is 54.3. The third kappa shape index (κ3) is 11.8. The molecule has 28 nitrogen and oxygen atoms in total.